The van der Waals surface area contributed by atoms with Crippen molar-refractivity contribution in [2.75, 3.05) is 0 Å². The average Bonchev–Trinajstić information content (AvgIpc) is 3.74. The van der Waals surface area contributed by atoms with Crippen LogP contribution in [-0.2, 0) is 33.3 Å². The molecule has 4 rings (SSSR count). The van der Waals surface area contributed by atoms with Crippen molar-refractivity contribution in [2.24, 2.45) is 11.7 Å². The summed E-state index contributed by atoms with van der Waals surface area (Å²) in [6, 6.07) is -0.869. The van der Waals surface area contributed by atoms with Crippen LogP contribution >= 0.6 is 0 Å². The number of esters is 1. The molecule has 14 heteroatoms. The zero-order chi connectivity index (χ0) is 35.0. The highest BCUT2D eigenvalue weighted by Crippen LogP contribution is 2.39. The highest BCUT2D eigenvalue weighted by Gasteiger charge is 2.51. The topological polar surface area (TPSA) is 231 Å². The van der Waals surface area contributed by atoms with Gasteiger partial charge in [-0.1, -0.05) is 48.6 Å². The van der Waals surface area contributed by atoms with Crippen LogP contribution in [0.15, 0.2) is 60.8 Å². The van der Waals surface area contributed by atoms with E-state index in [0.29, 0.717) is 12.8 Å². The summed E-state index contributed by atoms with van der Waals surface area (Å²) < 4.78 is 28.6. The highest BCUT2D eigenvalue weighted by molar-refractivity contribution is 5.82. The lowest BCUT2D eigenvalue weighted by molar-refractivity contribution is -0.308. The second-order valence-electron chi connectivity index (χ2n) is 12.9. The number of hydrogen-bond acceptors (Lipinski definition) is 13. The number of aliphatic hydroxyl groups is 5. The third kappa shape index (κ3) is 10.9. The summed E-state index contributed by atoms with van der Waals surface area (Å²) in [6.07, 6.45) is 6.11. The molecule has 14 nitrogen and oxygen atoms in total. The standard InChI is InChI=1S/C34H49NO13/c1-19-11-9-7-5-3-4-6-8-10-12-22(46-33-31(40)30(39)29(35)20(2)45-33)16-26-28(32(41)42)23(37)18-34(43,48-26)17-21(36)15-25-24(47-25)13-14-27(38)44-19/h3-8,10,12-14,19-26,28-31,33,36-37,39-40,43H,9,11,15-18,35H2,1-2H3,(H,41,42)/b4-3+,7-5-,8-6+,12-10+,14-13+/t19-,20?,21+,22+,23+,24-,25-,26+,28-,29-,30?,31?,33+,34-/m1/s1. The number of carbonyl (C=O) groups excluding carboxylic acids is 1. The minimum absolute atomic E-state index is 0.0793. The Morgan fingerprint density at radius 1 is 0.938 bits per heavy atom. The van der Waals surface area contributed by atoms with Gasteiger partial charge in [0.1, 0.15) is 24.2 Å². The minimum atomic E-state index is -2.10. The van der Waals surface area contributed by atoms with E-state index in [0.717, 1.165) is 0 Å². The van der Waals surface area contributed by atoms with Gasteiger partial charge >= 0.3 is 11.9 Å². The Bertz CT molecular complexity index is 1240. The summed E-state index contributed by atoms with van der Waals surface area (Å²) in [4.78, 5) is 24.5. The van der Waals surface area contributed by atoms with Crippen LogP contribution in [0.3, 0.4) is 0 Å². The van der Waals surface area contributed by atoms with Crippen molar-refractivity contribution in [1.29, 1.82) is 0 Å². The van der Waals surface area contributed by atoms with E-state index in [9.17, 15) is 40.2 Å². The number of ether oxygens (including phenoxy) is 5. The third-order valence-electron chi connectivity index (χ3n) is 8.86. The van der Waals surface area contributed by atoms with Gasteiger partial charge in [0, 0.05) is 31.8 Å². The number of rotatable bonds is 3. The van der Waals surface area contributed by atoms with Gasteiger partial charge in [-0.05, 0) is 32.8 Å². The second-order valence-corrected chi connectivity index (χ2v) is 12.9. The maximum atomic E-state index is 12.3. The van der Waals surface area contributed by atoms with Crippen LogP contribution in [0.1, 0.15) is 52.4 Å². The van der Waals surface area contributed by atoms with Crippen LogP contribution in [0.4, 0.5) is 0 Å². The number of cyclic esters (lactones) is 1. The predicted molar refractivity (Wildman–Crippen MR) is 170 cm³/mol. The van der Waals surface area contributed by atoms with Crippen LogP contribution < -0.4 is 5.73 Å². The number of allylic oxidation sites excluding steroid dienone is 7. The SMILES string of the molecule is CC1O[C@@H](O[C@H]2/C=C/C=C/C=C/C=C\CC[C@@H](C)OC(=O)/C=C/[C@H]3O[C@@H]3C[C@H](O)C[C@]3(O)C[C@H](O)[C@@H](C(=O)O)[C@H](C2)O3)C(O)C(O)[C@@H]1N. The van der Waals surface area contributed by atoms with Crippen molar-refractivity contribution in [1.82, 2.24) is 0 Å². The Labute approximate surface area is 279 Å². The van der Waals surface area contributed by atoms with Crippen LogP contribution in [0.5, 0.6) is 0 Å². The molecule has 0 radical (unpaired) electrons. The molecule has 268 valence electrons. The highest BCUT2D eigenvalue weighted by atomic mass is 16.7. The van der Waals surface area contributed by atoms with E-state index in [1.54, 1.807) is 50.3 Å². The van der Waals surface area contributed by atoms with E-state index in [4.69, 9.17) is 29.4 Å². The Kier molecular flexibility index (Phi) is 13.7. The van der Waals surface area contributed by atoms with Crippen molar-refractivity contribution in [3.05, 3.63) is 60.8 Å². The van der Waals surface area contributed by atoms with Gasteiger partial charge in [0.2, 0.25) is 0 Å². The van der Waals surface area contributed by atoms with Crippen molar-refractivity contribution in [3.63, 3.8) is 0 Å². The molecule has 3 fully saturated rings. The molecule has 0 saturated carbocycles. The molecule has 2 bridgehead atoms. The first-order valence-corrected chi connectivity index (χ1v) is 16.4. The molecular formula is C34H49NO13. The van der Waals surface area contributed by atoms with Gasteiger partial charge in [-0.2, -0.15) is 0 Å². The molecule has 0 aromatic heterocycles. The predicted octanol–water partition coefficient (Wildman–Crippen LogP) is 0.510. The van der Waals surface area contributed by atoms with E-state index in [2.05, 4.69) is 0 Å². The van der Waals surface area contributed by atoms with E-state index < -0.39 is 97.3 Å². The van der Waals surface area contributed by atoms with Gasteiger partial charge in [-0.3, -0.25) is 4.79 Å². The number of aliphatic carboxylic acids is 1. The third-order valence-corrected chi connectivity index (χ3v) is 8.86. The number of fused-ring (bicyclic) bond motifs is 3. The number of carbonyl (C=O) groups is 2. The summed E-state index contributed by atoms with van der Waals surface area (Å²) in [5, 5.41) is 64.2. The Morgan fingerprint density at radius 2 is 1.65 bits per heavy atom. The summed E-state index contributed by atoms with van der Waals surface area (Å²) in [7, 11) is 0. The lowest BCUT2D eigenvalue weighted by Gasteiger charge is -2.45. The Hall–Kier alpha value is -2.76. The molecule has 0 amide bonds. The number of nitrogens with two attached hydrogens (primary N) is 1. The summed E-state index contributed by atoms with van der Waals surface area (Å²) in [6.45, 7) is 3.42. The minimum Gasteiger partial charge on any atom is -0.481 e. The van der Waals surface area contributed by atoms with E-state index in [-0.39, 0.29) is 25.4 Å². The maximum absolute atomic E-state index is 12.3. The molecule has 3 unspecified atom stereocenters. The van der Waals surface area contributed by atoms with Gasteiger partial charge in [0.05, 0.1) is 48.8 Å². The van der Waals surface area contributed by atoms with Gasteiger partial charge < -0.3 is 60.1 Å². The quantitative estimate of drug-likeness (QED) is 0.159. The van der Waals surface area contributed by atoms with E-state index in [1.807, 2.05) is 18.2 Å². The fourth-order valence-corrected chi connectivity index (χ4v) is 6.15. The van der Waals surface area contributed by atoms with Gasteiger partial charge in [-0.15, -0.1) is 0 Å². The van der Waals surface area contributed by atoms with Gasteiger partial charge in [0.25, 0.3) is 0 Å². The fraction of sp³-hybridized carbons (Fsp3) is 0.647. The van der Waals surface area contributed by atoms with Gasteiger partial charge in [0.15, 0.2) is 12.1 Å². The summed E-state index contributed by atoms with van der Waals surface area (Å²) in [5.41, 5.74) is 5.92. The molecule has 0 aromatic carbocycles. The molecule has 4 aliphatic heterocycles. The normalized spacial score (nSPS) is 46.8. The van der Waals surface area contributed by atoms with Crippen molar-refractivity contribution in [2.45, 2.75) is 132 Å². The molecule has 0 aromatic rings. The molecule has 8 N–H and O–H groups in total. The maximum Gasteiger partial charge on any atom is 0.330 e. The number of hydrogen-bond donors (Lipinski definition) is 7. The molecular weight excluding hydrogens is 630 g/mol. The first-order valence-electron chi connectivity index (χ1n) is 16.4. The summed E-state index contributed by atoms with van der Waals surface area (Å²) >= 11 is 0. The number of carboxylic acids is 1. The molecule has 0 aliphatic carbocycles. The monoisotopic (exact) mass is 679 g/mol. The average molecular weight is 680 g/mol. The van der Waals surface area contributed by atoms with E-state index >= 15 is 0 Å². The fourth-order valence-electron chi connectivity index (χ4n) is 6.15. The van der Waals surface area contributed by atoms with Crippen molar-refractivity contribution < 1.29 is 63.9 Å². The molecule has 3 saturated heterocycles. The molecule has 48 heavy (non-hydrogen) atoms. The number of carboxylic acid groups (broad SMARTS) is 1. The van der Waals surface area contributed by atoms with Crippen LogP contribution in [0.2, 0.25) is 0 Å². The van der Waals surface area contributed by atoms with Crippen LogP contribution in [0, 0.1) is 5.92 Å². The smallest absolute Gasteiger partial charge is 0.330 e. The number of aliphatic hydroxyl groups excluding tert-OH is 4. The first kappa shape index (κ1) is 38.0. The first-order chi connectivity index (χ1) is 22.8. The Balaban J connectivity index is 1.57. The molecule has 0 spiro atoms. The molecule has 4 aliphatic rings. The molecule has 14 atom stereocenters. The zero-order valence-electron chi connectivity index (χ0n) is 27.1. The van der Waals surface area contributed by atoms with Crippen LogP contribution in [-0.4, -0.2) is 122 Å². The second kappa shape index (κ2) is 17.3. The van der Waals surface area contributed by atoms with Crippen LogP contribution in [0.25, 0.3) is 0 Å². The van der Waals surface area contributed by atoms with Crippen molar-refractivity contribution >= 4 is 11.9 Å². The van der Waals surface area contributed by atoms with E-state index in [1.165, 1.54) is 6.08 Å². The zero-order valence-corrected chi connectivity index (χ0v) is 27.1. The largest absolute Gasteiger partial charge is 0.481 e. The Morgan fingerprint density at radius 3 is 2.38 bits per heavy atom. The lowest BCUT2D eigenvalue weighted by Crippen LogP contribution is -2.61. The van der Waals surface area contributed by atoms with Crippen molar-refractivity contribution in [3.8, 4) is 0 Å². The summed E-state index contributed by atoms with van der Waals surface area (Å²) in [5.74, 6) is -5.44. The lowest BCUT2D eigenvalue weighted by atomic mass is 9.83. The molecule has 4 heterocycles. The number of epoxide rings is 1. The van der Waals surface area contributed by atoms with Gasteiger partial charge in [-0.25, -0.2) is 4.79 Å².